The molecule has 0 heterocycles. The van der Waals surface area contributed by atoms with E-state index >= 15 is 0 Å². The zero-order chi connectivity index (χ0) is 106. The van der Waals surface area contributed by atoms with Gasteiger partial charge in [-0.2, -0.15) is 15.3 Å². The van der Waals surface area contributed by atoms with Gasteiger partial charge < -0.3 is 48.2 Å². The number of carbonyl (C=O) groups excluding carboxylic acids is 6. The molecule has 147 heavy (non-hydrogen) atoms. The number of esters is 6. The second-order valence-corrected chi connectivity index (χ2v) is 38.4. The highest BCUT2D eigenvalue weighted by Crippen LogP contribution is 2.36. The summed E-state index contributed by atoms with van der Waals surface area (Å²) < 4.78 is 34.3. The van der Waals surface area contributed by atoms with E-state index in [1.807, 2.05) is 9.80 Å². The second-order valence-electron chi connectivity index (χ2n) is 38.4. The molecular weight excluding hydrogens is 1870 g/mol. The molecule has 0 amide bonds. The highest BCUT2D eigenvalue weighted by Gasteiger charge is 2.25. The first kappa shape index (κ1) is 124. The predicted octanol–water partition coefficient (Wildman–Crippen LogP) is 32.6. The van der Waals surface area contributed by atoms with E-state index in [9.17, 15) is 69.0 Å². The summed E-state index contributed by atoms with van der Waals surface area (Å²) in [7, 11) is 0. The van der Waals surface area contributed by atoms with Crippen molar-refractivity contribution >= 4 is 110 Å². The fourth-order valence-electron chi connectivity index (χ4n) is 17.5. The molecule has 0 fully saturated rings. The maximum absolute atomic E-state index is 13.8. The van der Waals surface area contributed by atoms with Crippen molar-refractivity contribution < 1.29 is 81.9 Å². The minimum atomic E-state index is -1.38. The molecule has 6 rings (SSSR count). The minimum Gasteiger partial charge on any atom is -0.478 e. The fourth-order valence-corrected chi connectivity index (χ4v) is 17.5. The van der Waals surface area contributed by atoms with Crippen molar-refractivity contribution in [2.75, 3.05) is 93.6 Å². The number of nitro benzene ring substituents is 3. The number of anilines is 3. The van der Waals surface area contributed by atoms with Crippen molar-refractivity contribution in [3.8, 4) is 0 Å². The summed E-state index contributed by atoms with van der Waals surface area (Å²) in [5.74, 6) is -4.36. The molecule has 0 aliphatic carbocycles. The lowest BCUT2D eigenvalue weighted by Crippen LogP contribution is -2.32. The molecule has 810 valence electrons. The monoisotopic (exact) mass is 2040 g/mol. The van der Waals surface area contributed by atoms with Gasteiger partial charge in [0.05, 0.1) is 87.8 Å². The van der Waals surface area contributed by atoms with E-state index in [1.54, 1.807) is 65.6 Å². The van der Waals surface area contributed by atoms with Crippen molar-refractivity contribution in [1.29, 1.82) is 0 Å². The Labute approximate surface area is 873 Å². The fraction of sp³-hybridized carbons (Fsp3) is 0.626. The van der Waals surface area contributed by atoms with Gasteiger partial charge in [-0.1, -0.05) is 336 Å². The summed E-state index contributed by atoms with van der Waals surface area (Å²) in [5.41, 5.74) is -0.292. The molecule has 0 aliphatic rings. The number of nitro groups is 3. The van der Waals surface area contributed by atoms with Crippen LogP contribution in [0.15, 0.2) is 158 Å². The van der Waals surface area contributed by atoms with Gasteiger partial charge in [-0.05, 0) is 135 Å². The molecule has 6 aromatic carbocycles. The molecule has 0 aliphatic heterocycles. The number of azo groups is 3. The Morgan fingerprint density at radius 1 is 0.245 bits per heavy atom. The van der Waals surface area contributed by atoms with Gasteiger partial charge in [0.2, 0.25) is 0 Å². The van der Waals surface area contributed by atoms with E-state index < -0.39 is 49.7 Å². The lowest BCUT2D eigenvalue weighted by atomic mass is 10.0. The smallest absolute Gasteiger partial charge is 0.338 e. The third-order valence-electron chi connectivity index (χ3n) is 26.3. The topological polar surface area (TPSA) is 408 Å². The number of aromatic carboxylic acids is 1. The third-order valence-corrected chi connectivity index (χ3v) is 26.3. The van der Waals surface area contributed by atoms with E-state index in [0.717, 1.165) is 133 Å². The molecular formula is C115H170N12O20. The van der Waals surface area contributed by atoms with Crippen molar-refractivity contribution in [2.24, 2.45) is 30.7 Å². The van der Waals surface area contributed by atoms with Gasteiger partial charge in [-0.25, -0.2) is 14.4 Å². The predicted molar refractivity (Wildman–Crippen MR) is 580 cm³/mol. The molecule has 32 nitrogen and oxygen atoms in total. The number of hydrogen-bond acceptors (Lipinski definition) is 28. The quantitative estimate of drug-likeness (QED) is 0.00925. The number of unbranched alkanes of at least 4 members (excludes halogenated alkanes) is 48. The highest BCUT2D eigenvalue weighted by molar-refractivity contribution is 5.92. The van der Waals surface area contributed by atoms with Crippen LogP contribution >= 0.6 is 0 Å². The summed E-state index contributed by atoms with van der Waals surface area (Å²) in [6, 6.07) is 30.2. The van der Waals surface area contributed by atoms with Crippen LogP contribution in [-0.4, -0.2) is 141 Å². The number of carbonyl (C=O) groups is 7. The number of nitrogens with zero attached hydrogens (tertiary/aromatic N) is 12. The maximum Gasteiger partial charge on any atom is 0.338 e. The number of benzene rings is 6. The highest BCUT2D eigenvalue weighted by atomic mass is 16.6. The Balaban J connectivity index is 1.08. The SMILES string of the molecule is CCCCCCCCCCCCCCCC(=O)OCCN(CCOC(=O)CCCCCCCCCCCCCCC)c1ccc(N=Nc2ccc(C(=O)OCCN(CCOC(=O)c3ccc(N=Nc4ccc(N(CCOC(=O)CCCCCCCCCCCCCCC)CCOC(=O)CCCCCCCCCCCCCCC)cc4)c([N+](=O)[O-])c3)c3ccc(N=Nc4ccc(C(=O)O)cc4[N+](=O)[O-])cc3)cc2[N+](=O)[O-])cc1. The molecule has 0 saturated heterocycles. The number of ether oxygens (including phenoxy) is 6. The largest absolute Gasteiger partial charge is 0.478 e. The number of rotatable bonds is 89. The average Bonchev–Trinajstić information content (AvgIpc) is 0.837. The zero-order valence-electron chi connectivity index (χ0n) is 88.8. The van der Waals surface area contributed by atoms with E-state index in [-0.39, 0.29) is 116 Å². The Morgan fingerprint density at radius 3 is 0.626 bits per heavy atom. The van der Waals surface area contributed by atoms with E-state index in [0.29, 0.717) is 80.3 Å². The molecule has 6 aromatic rings. The first-order valence-corrected chi connectivity index (χ1v) is 55.6. The Morgan fingerprint density at radius 2 is 0.429 bits per heavy atom. The zero-order valence-corrected chi connectivity index (χ0v) is 88.8. The minimum absolute atomic E-state index is 0.0864. The first-order chi connectivity index (χ1) is 71.7. The molecule has 0 spiro atoms. The van der Waals surface area contributed by atoms with Gasteiger partial charge >= 0.3 is 41.8 Å². The maximum atomic E-state index is 13.8. The van der Waals surface area contributed by atoms with E-state index in [4.69, 9.17) is 28.4 Å². The normalized spacial score (nSPS) is 11.4. The van der Waals surface area contributed by atoms with E-state index in [2.05, 4.69) is 58.4 Å². The van der Waals surface area contributed by atoms with Gasteiger partial charge in [0.25, 0.3) is 17.1 Å². The lowest BCUT2D eigenvalue weighted by Gasteiger charge is -2.24. The third kappa shape index (κ3) is 56.1. The summed E-state index contributed by atoms with van der Waals surface area (Å²) in [5, 5.41) is 71.9. The molecule has 0 aromatic heterocycles. The van der Waals surface area contributed by atoms with Crippen LogP contribution in [0.4, 0.5) is 68.2 Å². The summed E-state index contributed by atoms with van der Waals surface area (Å²) in [6.45, 7) is 9.70. The van der Waals surface area contributed by atoms with E-state index in [1.165, 1.54) is 268 Å². The summed E-state index contributed by atoms with van der Waals surface area (Å²) >= 11 is 0. The van der Waals surface area contributed by atoms with Crippen LogP contribution in [0.25, 0.3) is 0 Å². The van der Waals surface area contributed by atoms with Gasteiger partial charge in [-0.15, -0.1) is 15.3 Å². The van der Waals surface area contributed by atoms with Gasteiger partial charge in [0, 0.05) is 60.9 Å². The van der Waals surface area contributed by atoms with Gasteiger partial charge in [-0.3, -0.25) is 49.5 Å². The second kappa shape index (κ2) is 79.2. The molecule has 0 unspecified atom stereocenters. The Bertz CT molecular complexity index is 4500. The summed E-state index contributed by atoms with van der Waals surface area (Å²) in [4.78, 5) is 132. The molecule has 1 N–H and O–H groups in total. The van der Waals surface area contributed by atoms with Crippen molar-refractivity contribution in [1.82, 2.24) is 0 Å². The number of carboxylic acid groups (broad SMARTS) is 1. The van der Waals surface area contributed by atoms with Crippen LogP contribution in [0, 0.1) is 30.3 Å². The van der Waals surface area contributed by atoms with Crippen LogP contribution in [0.3, 0.4) is 0 Å². The van der Waals surface area contributed by atoms with Crippen molar-refractivity contribution in [2.45, 2.75) is 387 Å². The number of hydrogen-bond donors (Lipinski definition) is 1. The van der Waals surface area contributed by atoms with Crippen molar-refractivity contribution in [3.63, 3.8) is 0 Å². The lowest BCUT2D eigenvalue weighted by molar-refractivity contribution is -0.384. The number of carboxylic acids is 1. The van der Waals surface area contributed by atoms with Crippen LogP contribution < -0.4 is 14.7 Å². The Kier molecular flexibility index (Phi) is 66.6. The average molecular weight is 2040 g/mol. The standard InChI is InChI=1S/C115H170N12O20/c1-5-9-13-17-21-25-29-33-37-41-45-49-53-57-109(128)142-85-79-122(80-86-143-110(129)58-54-50-46-42-38-34-30-26-22-18-14-10-6-2)100-70-64-98(65-71-100)117-120-104-77-62-95(92-107(104)126(138)139)114(134)146-89-83-124(102-74-68-97(69-75-102)116-119-103-76-61-94(113(132)133)91-106(103)125(136)137)84-90-147-115(135)96-63-78-105(108(93-96)127(140)141)121-118-99-66-72-101(73-67-99)123(81-87-144-111(130)59-55-51-47-43-39-35-31-27-23-19-15-11-7-3)82-88-145-112(131)60-56-52-48-44-40-36-32-28-24-20-16-12-8-4/h61-78,91-93H,5-60,79-90H2,1-4H3,(H,132,133). The molecule has 0 saturated carbocycles. The van der Waals surface area contributed by atoms with Crippen LogP contribution in [0.5, 0.6) is 0 Å². The molecule has 0 atom stereocenters. The van der Waals surface area contributed by atoms with Crippen LogP contribution in [0.2, 0.25) is 0 Å². The molecule has 0 radical (unpaired) electrons. The Hall–Kier alpha value is -12.0. The van der Waals surface area contributed by atoms with Gasteiger partial charge in [0.15, 0.2) is 17.1 Å². The van der Waals surface area contributed by atoms with Gasteiger partial charge in [0.1, 0.15) is 39.6 Å². The van der Waals surface area contributed by atoms with Crippen LogP contribution in [0.1, 0.15) is 418 Å². The van der Waals surface area contributed by atoms with Crippen LogP contribution in [-0.2, 0) is 47.6 Å². The summed E-state index contributed by atoms with van der Waals surface area (Å²) in [6.07, 6.45) is 63.5. The molecule has 32 heteroatoms. The van der Waals surface area contributed by atoms with Crippen molar-refractivity contribution in [3.05, 3.63) is 174 Å². The molecule has 0 bridgehead atoms. The first-order valence-electron chi connectivity index (χ1n) is 55.6.